The Morgan fingerprint density at radius 1 is 0.228 bits per heavy atom. The summed E-state index contributed by atoms with van der Waals surface area (Å²) < 4.78 is 16.8. The van der Waals surface area contributed by atoms with Crippen LogP contribution in [0.25, 0.3) is 204 Å². The molecule has 0 radical (unpaired) electrons. The molecule has 0 saturated heterocycles. The molecule has 10 N–H and O–H groups in total. The Hall–Kier alpha value is -19.1. The fraction of sp³-hybridized carbons (Fsp3) is 0.0179. The zero-order valence-corrected chi connectivity index (χ0v) is 72.4. The number of para-hydroxylation sites is 8. The first kappa shape index (κ1) is 74.8. The van der Waals surface area contributed by atoms with Crippen molar-refractivity contribution in [1.29, 1.82) is 0 Å². The number of aromatic amines is 2. The lowest BCUT2D eigenvalue weighted by Gasteiger charge is -2.36. The summed E-state index contributed by atoms with van der Waals surface area (Å²) in [6.45, 7) is 0. The van der Waals surface area contributed by atoms with E-state index in [0.29, 0.717) is 102 Å². The second-order valence-electron chi connectivity index (χ2n) is 35.0. The molecule has 644 valence electrons. The monoisotopic (exact) mass is 1760 g/mol. The first-order chi connectivity index (χ1) is 67.4. The average molecular weight is 1760 g/mol. The third-order valence-electron chi connectivity index (χ3n) is 27.5. The summed E-state index contributed by atoms with van der Waals surface area (Å²) in [6.07, 6.45) is 25.5. The zero-order valence-electron chi connectivity index (χ0n) is 72.4. The van der Waals surface area contributed by atoms with Crippen LogP contribution < -0.4 is 43.4 Å². The number of nitrogens with one attached hydrogen (secondary N) is 10. The van der Waals surface area contributed by atoms with Crippen LogP contribution in [0.5, 0.6) is 0 Å². The van der Waals surface area contributed by atoms with E-state index in [-0.39, 0.29) is 5.92 Å². The van der Waals surface area contributed by atoms with Gasteiger partial charge in [-0.15, -0.1) is 0 Å². The summed E-state index contributed by atoms with van der Waals surface area (Å²) in [6, 6.07) is 110. The van der Waals surface area contributed by atoms with Crippen molar-refractivity contribution >= 4 is 193 Å². The van der Waals surface area contributed by atoms with Gasteiger partial charge < -0.3 is 15.4 Å². The Kier molecular flexibility index (Phi) is 16.1. The van der Waals surface area contributed by atoms with Gasteiger partial charge in [0.25, 0.3) is 0 Å². The van der Waals surface area contributed by atoms with Gasteiger partial charge in [-0.1, -0.05) is 243 Å². The van der Waals surface area contributed by atoms with Crippen molar-refractivity contribution in [2.75, 3.05) is 43.4 Å². The van der Waals surface area contributed by atoms with Gasteiger partial charge in [0.2, 0.25) is 0 Å². The number of anilines is 6. The molecule has 24 heteroatoms. The van der Waals surface area contributed by atoms with Gasteiger partial charge in [0, 0.05) is 136 Å². The summed E-state index contributed by atoms with van der Waals surface area (Å²) in [4.78, 5) is 46.0. The summed E-state index contributed by atoms with van der Waals surface area (Å²) in [5.41, 5.74) is 52.5. The second kappa shape index (κ2) is 29.2. The van der Waals surface area contributed by atoms with E-state index in [1.165, 1.54) is 0 Å². The smallest absolute Gasteiger partial charge is 0.167 e. The topological polar surface area (TPSA) is 245 Å². The highest BCUT2D eigenvalue weighted by Crippen LogP contribution is 2.56. The standard InChI is InChI=1S/C112H76N24/c1-17-41-81-65(25-1)49-57-129(81)121-97-73-33-9-10-34-74(73)98(122-130-58-50-66-26-2-18-42-82(66)130)90-89(97)105-113-106(90)118-108-93-94(102(126-134-62-54-70-30-6-22-46-86(70)134)78-38-14-13-37-77(78)101(93)125-133-61-53-69-29-5-21-45-85(69)133)110(115-108)120-112-96-95(103(127-135-63-55-71-31-7-23-47-87(71)135)79-39-15-16-40-80(79)104(96)128-136-64-56-72-32-8-24-48-88(72)136)111(116-112)119-109-92-91(107(114-109)117-105)99(123-131-59-51-67-27-3-19-43-83(67)131)75-35-11-12-36-76(75)100(92)124-132-60-52-68-28-4-20-44-84(68)132/h1-64,73,97,121-128H,(H2,113,114,115,116,117,118,119,120). The Morgan fingerprint density at radius 3 is 0.816 bits per heavy atom. The summed E-state index contributed by atoms with van der Waals surface area (Å²) in [5, 5.41) is 15.0. The van der Waals surface area contributed by atoms with Crippen LogP contribution in [0, 0.1) is 5.92 Å². The third kappa shape index (κ3) is 11.4. The molecule has 2 aliphatic heterocycles. The summed E-state index contributed by atoms with van der Waals surface area (Å²) >= 11 is 0. The van der Waals surface area contributed by atoms with E-state index in [2.05, 4.69) is 480 Å². The molecule has 0 spiro atoms. The van der Waals surface area contributed by atoms with E-state index in [1.807, 2.05) is 0 Å². The van der Waals surface area contributed by atoms with Crippen molar-refractivity contribution in [1.82, 2.24) is 77.3 Å². The van der Waals surface area contributed by atoms with E-state index in [4.69, 9.17) is 29.9 Å². The van der Waals surface area contributed by atoms with E-state index < -0.39 is 6.04 Å². The molecule has 4 aliphatic rings. The van der Waals surface area contributed by atoms with Gasteiger partial charge in [0.15, 0.2) is 23.3 Å². The number of allylic oxidation sites excluding steroid dienone is 3. The van der Waals surface area contributed by atoms with Gasteiger partial charge in [-0.05, 0) is 103 Å². The van der Waals surface area contributed by atoms with Crippen molar-refractivity contribution in [3.05, 3.63) is 406 Å². The van der Waals surface area contributed by atoms with Crippen LogP contribution in [0.2, 0.25) is 0 Å². The maximum atomic E-state index is 6.36. The van der Waals surface area contributed by atoms with Crippen molar-refractivity contribution in [3.63, 3.8) is 0 Å². The zero-order chi connectivity index (χ0) is 88.9. The second-order valence-corrected chi connectivity index (χ2v) is 35.0. The third-order valence-corrected chi connectivity index (χ3v) is 27.5. The highest BCUT2D eigenvalue weighted by Gasteiger charge is 2.42. The molecule has 2 aliphatic carbocycles. The molecule has 14 aromatic carbocycles. The molecule has 0 amide bonds. The molecule has 2 atom stereocenters. The maximum Gasteiger partial charge on any atom is 0.167 e. The average Bonchev–Trinajstić information content (AvgIpc) is 1.62. The quantitative estimate of drug-likeness (QED) is 0.0405. The molecule has 136 heavy (non-hydrogen) atoms. The number of hydrogen-bond donors (Lipinski definition) is 10. The molecule has 24 nitrogen and oxygen atoms in total. The van der Waals surface area contributed by atoms with Crippen LogP contribution in [-0.4, -0.2) is 77.3 Å². The fourth-order valence-electron chi connectivity index (χ4n) is 21.3. The molecule has 2 unspecified atom stereocenters. The number of benzene rings is 14. The van der Waals surface area contributed by atoms with Crippen LogP contribution in [0.15, 0.2) is 395 Å². The lowest BCUT2D eigenvalue weighted by Crippen LogP contribution is -2.33. The minimum absolute atomic E-state index is 0.321. The van der Waals surface area contributed by atoms with E-state index in [0.717, 1.165) is 153 Å². The first-order valence-corrected chi connectivity index (χ1v) is 45.5. The largest absolute Gasteiger partial charge is 0.324 e. The van der Waals surface area contributed by atoms with Gasteiger partial charge in [0.05, 0.1) is 129 Å². The normalized spacial score (nSPS) is 13.9. The molecular formula is C112H76N24. The van der Waals surface area contributed by atoms with E-state index in [1.54, 1.807) is 0 Å². The lowest BCUT2D eigenvalue weighted by molar-refractivity contribution is 0.576. The molecule has 0 saturated carbocycles. The van der Waals surface area contributed by atoms with Gasteiger partial charge in [-0.2, -0.15) is 0 Å². The minimum Gasteiger partial charge on any atom is -0.324 e. The molecule has 29 rings (SSSR count). The molecule has 13 heterocycles. The number of aromatic nitrogens is 16. The fourth-order valence-corrected chi connectivity index (χ4v) is 21.3. The number of fused-ring (bicyclic) bond motifs is 32. The Bertz CT molecular complexity index is 9720. The predicted molar refractivity (Wildman–Crippen MR) is 551 cm³/mol. The number of rotatable bonds is 16. The summed E-state index contributed by atoms with van der Waals surface area (Å²) in [5.74, 6) is 0.941. The van der Waals surface area contributed by atoms with Crippen LogP contribution >= 0.6 is 0 Å². The van der Waals surface area contributed by atoms with Crippen LogP contribution in [-0.2, 0) is 0 Å². The van der Waals surface area contributed by atoms with Crippen molar-refractivity contribution < 1.29 is 0 Å². The Balaban J connectivity index is 0.836. The van der Waals surface area contributed by atoms with Crippen molar-refractivity contribution in [2.45, 2.75) is 6.04 Å². The first-order valence-electron chi connectivity index (χ1n) is 45.5. The van der Waals surface area contributed by atoms with Gasteiger partial charge >= 0.3 is 0 Å². The highest BCUT2D eigenvalue weighted by atomic mass is 15.5. The molecule has 11 aromatic heterocycles. The van der Waals surface area contributed by atoms with Gasteiger partial charge in [-0.3, -0.25) is 75.4 Å². The van der Waals surface area contributed by atoms with Crippen LogP contribution in [0.4, 0.5) is 34.1 Å². The predicted octanol–water partition coefficient (Wildman–Crippen LogP) is 25.1. The van der Waals surface area contributed by atoms with Crippen molar-refractivity contribution in [2.24, 2.45) is 5.92 Å². The number of hydrogen-bond acceptors (Lipinski definition) is 14. The molecule has 0 fully saturated rings. The Morgan fingerprint density at radius 2 is 0.485 bits per heavy atom. The molecule has 25 aromatic rings. The molecule has 8 bridgehead atoms. The SMILES string of the molecule is C1=CC2=C(Nn3ccc4ccccc43)c3c(c4nc5nc(nc6[nH]c(nc7nc(nc3[nH]4)-c3c-7c(Nn4ccc7ccccc74)c4ccccc4c3Nn3ccc4ccccc43)c3c(Nn4ccc7ccccc74)c4ccccc4c(Nn4ccc7ccccc74)c63)-c3c-5c(Nn4ccc5ccccc54)c4ccccc4c3Nn3ccc4ccccc43)C(Nn3ccc4ccccc43)C2C=C1. The van der Waals surface area contributed by atoms with E-state index >= 15 is 0 Å². The van der Waals surface area contributed by atoms with Crippen molar-refractivity contribution in [3.8, 4) is 45.6 Å². The maximum absolute atomic E-state index is 6.36. The number of nitrogens with zero attached hydrogens (tertiary/aromatic N) is 14. The van der Waals surface area contributed by atoms with Gasteiger partial charge in [0.1, 0.15) is 22.6 Å². The van der Waals surface area contributed by atoms with Crippen LogP contribution in [0.1, 0.15) is 17.2 Å². The molecular weight excluding hydrogens is 1680 g/mol. The van der Waals surface area contributed by atoms with Crippen LogP contribution in [0.3, 0.4) is 0 Å². The number of H-pyrrole nitrogens is 2. The van der Waals surface area contributed by atoms with Gasteiger partial charge in [-0.25, -0.2) is 29.9 Å². The summed E-state index contributed by atoms with van der Waals surface area (Å²) in [7, 11) is 0. The van der Waals surface area contributed by atoms with E-state index in [9.17, 15) is 0 Å². The lowest BCUT2D eigenvalue weighted by atomic mass is 9.77. The highest BCUT2D eigenvalue weighted by molar-refractivity contribution is 6.29. The Labute approximate surface area is 772 Å². The minimum atomic E-state index is -0.608.